The molecule has 146 valence electrons. The standard InChI is InChI=1S/C19H35NO4S/c1-2-3-4-11-16-25(23,24)20-18-14-10-9-13-17(18)12-7-5-6-8-15-19(21)22/h5,7,17-18,20H,2-4,6,8-16H2,1H3,(H,21,22)/b7-5+. The molecule has 0 aromatic carbocycles. The van der Waals surface area contributed by atoms with Crippen molar-refractivity contribution in [2.24, 2.45) is 5.92 Å². The number of carbonyl (C=O) groups is 1. The molecule has 0 saturated heterocycles. The second-order valence-corrected chi connectivity index (χ2v) is 9.01. The number of allylic oxidation sites excluding steroid dienone is 2. The molecular weight excluding hydrogens is 338 g/mol. The Hall–Kier alpha value is -0.880. The van der Waals surface area contributed by atoms with E-state index in [2.05, 4.69) is 17.7 Å². The molecule has 0 bridgehead atoms. The fourth-order valence-electron chi connectivity index (χ4n) is 3.41. The first-order valence-electron chi connectivity index (χ1n) is 9.81. The second kappa shape index (κ2) is 12.5. The van der Waals surface area contributed by atoms with Crippen LogP contribution in [0, 0.1) is 5.92 Å². The van der Waals surface area contributed by atoms with Gasteiger partial charge in [-0.15, -0.1) is 0 Å². The third-order valence-electron chi connectivity index (χ3n) is 4.87. The highest BCUT2D eigenvalue weighted by Gasteiger charge is 2.27. The van der Waals surface area contributed by atoms with E-state index in [0.717, 1.165) is 64.2 Å². The third kappa shape index (κ3) is 10.6. The Morgan fingerprint density at radius 2 is 1.88 bits per heavy atom. The van der Waals surface area contributed by atoms with Crippen molar-refractivity contribution < 1.29 is 18.3 Å². The summed E-state index contributed by atoms with van der Waals surface area (Å²) in [5, 5.41) is 8.62. The van der Waals surface area contributed by atoms with Gasteiger partial charge in [0.05, 0.1) is 5.75 Å². The molecule has 0 aliphatic heterocycles. The van der Waals surface area contributed by atoms with E-state index in [9.17, 15) is 13.2 Å². The van der Waals surface area contributed by atoms with Crippen LogP contribution in [-0.4, -0.2) is 31.3 Å². The summed E-state index contributed by atoms with van der Waals surface area (Å²) in [6, 6.07) is 0.0496. The van der Waals surface area contributed by atoms with Gasteiger partial charge in [0.2, 0.25) is 10.0 Å². The number of aliphatic carboxylic acids is 1. The van der Waals surface area contributed by atoms with Crippen LogP contribution in [0.4, 0.5) is 0 Å². The van der Waals surface area contributed by atoms with Gasteiger partial charge in [0.25, 0.3) is 0 Å². The van der Waals surface area contributed by atoms with E-state index in [4.69, 9.17) is 5.11 Å². The SMILES string of the molecule is CCCCCCS(=O)(=O)NC1CCCCC1C/C=C/CCCC(=O)O. The maximum Gasteiger partial charge on any atom is 0.303 e. The summed E-state index contributed by atoms with van der Waals surface area (Å²) < 4.78 is 27.6. The molecule has 0 radical (unpaired) electrons. The first kappa shape index (κ1) is 22.2. The van der Waals surface area contributed by atoms with Crippen molar-refractivity contribution >= 4 is 16.0 Å². The second-order valence-electron chi connectivity index (χ2n) is 7.14. The van der Waals surface area contributed by atoms with Crippen molar-refractivity contribution in [1.82, 2.24) is 4.72 Å². The molecule has 0 amide bonds. The predicted molar refractivity (Wildman–Crippen MR) is 102 cm³/mol. The summed E-state index contributed by atoms with van der Waals surface area (Å²) in [5.41, 5.74) is 0. The lowest BCUT2D eigenvalue weighted by Gasteiger charge is -2.31. The van der Waals surface area contributed by atoms with Gasteiger partial charge in [-0.3, -0.25) is 4.79 Å². The van der Waals surface area contributed by atoms with Gasteiger partial charge in [0.1, 0.15) is 0 Å². The molecule has 1 saturated carbocycles. The highest BCUT2D eigenvalue weighted by molar-refractivity contribution is 7.89. The van der Waals surface area contributed by atoms with Gasteiger partial charge >= 0.3 is 5.97 Å². The molecule has 5 nitrogen and oxygen atoms in total. The maximum atomic E-state index is 12.3. The number of hydrogen-bond acceptors (Lipinski definition) is 3. The Kier molecular flexibility index (Phi) is 11.1. The van der Waals surface area contributed by atoms with Crippen molar-refractivity contribution in [3.63, 3.8) is 0 Å². The number of sulfonamides is 1. The highest BCUT2D eigenvalue weighted by atomic mass is 32.2. The molecule has 0 heterocycles. The van der Waals surface area contributed by atoms with Gasteiger partial charge in [-0.2, -0.15) is 0 Å². The molecule has 0 spiro atoms. The van der Waals surface area contributed by atoms with Crippen LogP contribution >= 0.6 is 0 Å². The van der Waals surface area contributed by atoms with Crippen LogP contribution in [0.25, 0.3) is 0 Å². The zero-order chi connectivity index (χ0) is 18.5. The highest BCUT2D eigenvalue weighted by Crippen LogP contribution is 2.28. The number of hydrogen-bond donors (Lipinski definition) is 2. The molecule has 1 rings (SSSR count). The summed E-state index contributed by atoms with van der Waals surface area (Å²) >= 11 is 0. The van der Waals surface area contributed by atoms with E-state index >= 15 is 0 Å². The Morgan fingerprint density at radius 3 is 2.60 bits per heavy atom. The molecule has 6 heteroatoms. The first-order valence-corrected chi connectivity index (χ1v) is 11.5. The molecule has 2 atom stereocenters. The minimum absolute atomic E-state index is 0.0496. The van der Waals surface area contributed by atoms with Crippen LogP contribution in [0.1, 0.15) is 84.0 Å². The minimum atomic E-state index is -3.18. The summed E-state index contributed by atoms with van der Waals surface area (Å²) in [5.74, 6) is -0.162. The van der Waals surface area contributed by atoms with Crippen molar-refractivity contribution in [2.45, 2.75) is 90.0 Å². The summed E-state index contributed by atoms with van der Waals surface area (Å²) in [6.45, 7) is 2.12. The zero-order valence-corrected chi connectivity index (χ0v) is 16.4. The Bertz CT molecular complexity index is 502. The Labute approximate surface area is 153 Å². The van der Waals surface area contributed by atoms with E-state index in [1.807, 2.05) is 6.08 Å². The summed E-state index contributed by atoms with van der Waals surface area (Å²) in [4.78, 5) is 10.5. The zero-order valence-electron chi connectivity index (χ0n) is 15.6. The van der Waals surface area contributed by atoms with Crippen molar-refractivity contribution in [1.29, 1.82) is 0 Å². The number of carboxylic acid groups (broad SMARTS) is 1. The Morgan fingerprint density at radius 1 is 1.12 bits per heavy atom. The lowest BCUT2D eigenvalue weighted by Crippen LogP contribution is -2.42. The number of carboxylic acids is 1. The van der Waals surface area contributed by atoms with Crippen LogP contribution in [0.3, 0.4) is 0 Å². The molecule has 1 fully saturated rings. The largest absolute Gasteiger partial charge is 0.481 e. The fourth-order valence-corrected chi connectivity index (χ4v) is 4.89. The average Bonchev–Trinajstić information content (AvgIpc) is 2.55. The fraction of sp³-hybridized carbons (Fsp3) is 0.842. The van der Waals surface area contributed by atoms with Crippen LogP contribution in [0.15, 0.2) is 12.2 Å². The van der Waals surface area contributed by atoms with E-state index in [-0.39, 0.29) is 18.2 Å². The molecule has 1 aliphatic rings. The van der Waals surface area contributed by atoms with Crippen LogP contribution in [0.2, 0.25) is 0 Å². The van der Waals surface area contributed by atoms with Gasteiger partial charge in [0.15, 0.2) is 0 Å². The van der Waals surface area contributed by atoms with Crippen molar-refractivity contribution in [3.05, 3.63) is 12.2 Å². The van der Waals surface area contributed by atoms with Gasteiger partial charge in [-0.1, -0.05) is 51.2 Å². The molecule has 2 unspecified atom stereocenters. The van der Waals surface area contributed by atoms with Crippen LogP contribution < -0.4 is 4.72 Å². The monoisotopic (exact) mass is 373 g/mol. The van der Waals surface area contributed by atoms with Gasteiger partial charge in [-0.25, -0.2) is 13.1 Å². The molecule has 25 heavy (non-hydrogen) atoms. The minimum Gasteiger partial charge on any atom is -0.481 e. The van der Waals surface area contributed by atoms with E-state index < -0.39 is 16.0 Å². The lowest BCUT2D eigenvalue weighted by atomic mass is 9.83. The summed E-state index contributed by atoms with van der Waals surface area (Å²) in [7, 11) is -3.18. The smallest absolute Gasteiger partial charge is 0.303 e. The van der Waals surface area contributed by atoms with E-state index in [1.165, 1.54) is 0 Å². The molecule has 2 N–H and O–H groups in total. The lowest BCUT2D eigenvalue weighted by molar-refractivity contribution is -0.137. The van der Waals surface area contributed by atoms with Gasteiger partial charge in [-0.05, 0) is 44.4 Å². The predicted octanol–water partition coefficient (Wildman–Crippen LogP) is 4.25. The number of unbranched alkanes of at least 4 members (excludes halogenated alkanes) is 4. The average molecular weight is 374 g/mol. The van der Waals surface area contributed by atoms with Crippen LogP contribution in [-0.2, 0) is 14.8 Å². The van der Waals surface area contributed by atoms with E-state index in [0.29, 0.717) is 12.3 Å². The van der Waals surface area contributed by atoms with Gasteiger partial charge < -0.3 is 5.11 Å². The molecule has 1 aliphatic carbocycles. The normalized spacial score (nSPS) is 21.6. The van der Waals surface area contributed by atoms with Crippen molar-refractivity contribution in [2.75, 3.05) is 5.75 Å². The Balaban J connectivity index is 2.39. The van der Waals surface area contributed by atoms with Gasteiger partial charge in [0, 0.05) is 12.5 Å². The first-order chi connectivity index (χ1) is 11.9. The molecular formula is C19H35NO4S. The van der Waals surface area contributed by atoms with Crippen LogP contribution in [0.5, 0.6) is 0 Å². The molecule has 0 aromatic rings. The topological polar surface area (TPSA) is 83.5 Å². The van der Waals surface area contributed by atoms with Crippen molar-refractivity contribution in [3.8, 4) is 0 Å². The number of nitrogens with one attached hydrogen (secondary N) is 1. The maximum absolute atomic E-state index is 12.3. The van der Waals surface area contributed by atoms with E-state index in [1.54, 1.807) is 0 Å². The molecule has 0 aromatic heterocycles. The quantitative estimate of drug-likeness (QED) is 0.373. The third-order valence-corrected chi connectivity index (χ3v) is 6.36. The number of rotatable bonds is 13. The summed E-state index contributed by atoms with van der Waals surface area (Å²) in [6.07, 6.45) is 14.8.